The molecule has 2 heterocycles. The van der Waals surface area contributed by atoms with Crippen LogP contribution in [-0.4, -0.2) is 27.8 Å². The molecule has 0 unspecified atom stereocenters. The number of aromatic nitrogens is 3. The lowest BCUT2D eigenvalue weighted by atomic mass is 10.1. The zero-order valence-electron chi connectivity index (χ0n) is 17.2. The second-order valence-corrected chi connectivity index (χ2v) is 7.12. The van der Waals surface area contributed by atoms with Gasteiger partial charge in [-0.3, -0.25) is 4.79 Å². The highest BCUT2D eigenvalue weighted by atomic mass is 19.1. The first-order chi connectivity index (χ1) is 14.4. The second kappa shape index (κ2) is 7.59. The highest BCUT2D eigenvalue weighted by Gasteiger charge is 2.20. The number of amides is 1. The van der Waals surface area contributed by atoms with Crippen LogP contribution in [0.25, 0.3) is 16.7 Å². The summed E-state index contributed by atoms with van der Waals surface area (Å²) in [7, 11) is 1.60. The van der Waals surface area contributed by atoms with Crippen LogP contribution in [0.15, 0.2) is 48.5 Å². The molecule has 2 aromatic heterocycles. The van der Waals surface area contributed by atoms with Crippen LogP contribution in [0.4, 0.5) is 10.1 Å². The van der Waals surface area contributed by atoms with Crippen LogP contribution >= 0.6 is 0 Å². The first-order valence-corrected chi connectivity index (χ1v) is 9.46. The SMILES string of the molecule is COc1ccc(NC(=O)c2cc(C)nc3c2c(C)nn3-c2ccc(F)cc2)c(C)c1. The molecular formula is C23H21FN4O2. The van der Waals surface area contributed by atoms with Crippen molar-refractivity contribution in [1.82, 2.24) is 14.8 Å². The van der Waals surface area contributed by atoms with E-state index in [1.54, 1.807) is 36.1 Å². The number of anilines is 1. The van der Waals surface area contributed by atoms with E-state index in [1.165, 1.54) is 12.1 Å². The van der Waals surface area contributed by atoms with Gasteiger partial charge in [0.15, 0.2) is 5.65 Å². The van der Waals surface area contributed by atoms with E-state index in [-0.39, 0.29) is 11.7 Å². The number of carbonyl (C=O) groups excluding carboxylic acids is 1. The monoisotopic (exact) mass is 404 g/mol. The molecule has 0 saturated carbocycles. The van der Waals surface area contributed by atoms with E-state index in [9.17, 15) is 9.18 Å². The Labute approximate surface area is 173 Å². The lowest BCUT2D eigenvalue weighted by molar-refractivity contribution is 0.102. The van der Waals surface area contributed by atoms with Crippen LogP contribution in [0, 0.1) is 26.6 Å². The normalized spacial score (nSPS) is 11.0. The van der Waals surface area contributed by atoms with Gasteiger partial charge in [0.1, 0.15) is 11.6 Å². The maximum Gasteiger partial charge on any atom is 0.256 e. The van der Waals surface area contributed by atoms with Crippen molar-refractivity contribution in [1.29, 1.82) is 0 Å². The van der Waals surface area contributed by atoms with Crippen molar-refractivity contribution < 1.29 is 13.9 Å². The Balaban J connectivity index is 1.79. The lowest BCUT2D eigenvalue weighted by Gasteiger charge is -2.11. The molecule has 0 bridgehead atoms. The van der Waals surface area contributed by atoms with Gasteiger partial charge in [-0.1, -0.05) is 0 Å². The van der Waals surface area contributed by atoms with Gasteiger partial charge < -0.3 is 10.1 Å². The summed E-state index contributed by atoms with van der Waals surface area (Å²) < 4.78 is 20.2. The van der Waals surface area contributed by atoms with Crippen molar-refractivity contribution in [2.24, 2.45) is 0 Å². The van der Waals surface area contributed by atoms with Gasteiger partial charge >= 0.3 is 0 Å². The Bertz CT molecular complexity index is 1260. The molecule has 0 saturated heterocycles. The Hall–Kier alpha value is -3.74. The molecule has 1 N–H and O–H groups in total. The molecule has 2 aromatic carbocycles. The van der Waals surface area contributed by atoms with Gasteiger partial charge in [0, 0.05) is 11.4 Å². The van der Waals surface area contributed by atoms with Crippen molar-refractivity contribution >= 4 is 22.6 Å². The molecule has 30 heavy (non-hydrogen) atoms. The summed E-state index contributed by atoms with van der Waals surface area (Å²) in [6.07, 6.45) is 0. The van der Waals surface area contributed by atoms with Crippen LogP contribution in [0.3, 0.4) is 0 Å². The fourth-order valence-corrected chi connectivity index (χ4v) is 3.45. The standard InChI is InChI=1S/C23H21FN4O2/c1-13-11-18(30-4)9-10-20(13)26-23(29)19-12-14(2)25-22-21(19)15(3)27-28(22)17-7-5-16(24)6-8-17/h5-12H,1-4H3,(H,26,29). The van der Waals surface area contributed by atoms with E-state index in [4.69, 9.17) is 4.74 Å². The Morgan fingerprint density at radius 3 is 2.47 bits per heavy atom. The summed E-state index contributed by atoms with van der Waals surface area (Å²) in [6, 6.07) is 13.2. The van der Waals surface area contributed by atoms with Gasteiger partial charge in [0.2, 0.25) is 0 Å². The average molecular weight is 404 g/mol. The van der Waals surface area contributed by atoms with Crippen LogP contribution in [0.5, 0.6) is 5.75 Å². The molecule has 0 spiro atoms. The number of pyridine rings is 1. The predicted octanol–water partition coefficient (Wildman–Crippen LogP) is 4.75. The quantitative estimate of drug-likeness (QED) is 0.533. The molecule has 152 valence electrons. The van der Waals surface area contributed by atoms with Crippen LogP contribution < -0.4 is 10.1 Å². The summed E-state index contributed by atoms with van der Waals surface area (Å²) in [6.45, 7) is 5.56. The number of ether oxygens (including phenoxy) is 1. The van der Waals surface area contributed by atoms with Crippen molar-refractivity contribution in [2.75, 3.05) is 12.4 Å². The third kappa shape index (κ3) is 3.50. The predicted molar refractivity (Wildman–Crippen MR) is 114 cm³/mol. The minimum absolute atomic E-state index is 0.250. The number of hydrogen-bond acceptors (Lipinski definition) is 4. The summed E-state index contributed by atoms with van der Waals surface area (Å²) >= 11 is 0. The summed E-state index contributed by atoms with van der Waals surface area (Å²) in [5.74, 6) is 0.149. The number of carbonyl (C=O) groups is 1. The second-order valence-electron chi connectivity index (χ2n) is 7.12. The van der Waals surface area contributed by atoms with E-state index in [0.717, 1.165) is 11.3 Å². The zero-order chi connectivity index (χ0) is 21.4. The maximum atomic E-state index is 13.3. The van der Waals surface area contributed by atoms with Crippen molar-refractivity contribution in [3.8, 4) is 11.4 Å². The number of hydrogen-bond donors (Lipinski definition) is 1. The van der Waals surface area contributed by atoms with Gasteiger partial charge in [-0.15, -0.1) is 0 Å². The summed E-state index contributed by atoms with van der Waals surface area (Å²) in [4.78, 5) is 17.8. The van der Waals surface area contributed by atoms with Crippen LogP contribution in [-0.2, 0) is 0 Å². The number of methoxy groups -OCH3 is 1. The molecule has 0 aliphatic heterocycles. The van der Waals surface area contributed by atoms with Gasteiger partial charge in [0.05, 0.1) is 29.4 Å². The van der Waals surface area contributed by atoms with Crippen LogP contribution in [0.2, 0.25) is 0 Å². The minimum Gasteiger partial charge on any atom is -0.497 e. The molecule has 0 atom stereocenters. The zero-order valence-corrected chi connectivity index (χ0v) is 17.2. The molecule has 0 fully saturated rings. The maximum absolute atomic E-state index is 13.3. The third-order valence-electron chi connectivity index (χ3n) is 4.94. The Morgan fingerprint density at radius 1 is 1.07 bits per heavy atom. The average Bonchev–Trinajstić information content (AvgIpc) is 3.05. The lowest BCUT2D eigenvalue weighted by Crippen LogP contribution is -2.14. The number of benzene rings is 2. The topological polar surface area (TPSA) is 69.0 Å². The van der Waals surface area contributed by atoms with Gasteiger partial charge in [-0.2, -0.15) is 5.10 Å². The summed E-state index contributed by atoms with van der Waals surface area (Å²) in [5, 5.41) is 8.19. The van der Waals surface area contributed by atoms with Crippen LogP contribution in [0.1, 0.15) is 27.3 Å². The molecule has 7 heteroatoms. The Morgan fingerprint density at radius 2 is 1.80 bits per heavy atom. The molecule has 1 amide bonds. The minimum atomic E-state index is -0.328. The number of halogens is 1. The third-order valence-corrected chi connectivity index (χ3v) is 4.94. The first-order valence-electron chi connectivity index (χ1n) is 9.46. The highest BCUT2D eigenvalue weighted by molar-refractivity contribution is 6.13. The smallest absolute Gasteiger partial charge is 0.256 e. The van der Waals surface area contributed by atoms with Crippen molar-refractivity contribution in [3.63, 3.8) is 0 Å². The highest BCUT2D eigenvalue weighted by Crippen LogP contribution is 2.27. The fraction of sp³-hybridized carbons (Fsp3) is 0.174. The number of rotatable bonds is 4. The molecular weight excluding hydrogens is 383 g/mol. The molecule has 0 aliphatic rings. The number of aryl methyl sites for hydroxylation is 3. The van der Waals surface area contributed by atoms with Gasteiger partial charge in [0.25, 0.3) is 5.91 Å². The van der Waals surface area contributed by atoms with Gasteiger partial charge in [-0.25, -0.2) is 14.1 Å². The van der Waals surface area contributed by atoms with E-state index in [1.807, 2.05) is 32.9 Å². The number of nitrogens with one attached hydrogen (secondary N) is 1. The van der Waals surface area contributed by atoms with Crippen molar-refractivity contribution in [3.05, 3.63) is 76.9 Å². The van der Waals surface area contributed by atoms with Crippen molar-refractivity contribution in [2.45, 2.75) is 20.8 Å². The molecule has 0 radical (unpaired) electrons. The van der Waals surface area contributed by atoms with E-state index >= 15 is 0 Å². The molecule has 4 aromatic rings. The summed E-state index contributed by atoms with van der Waals surface area (Å²) in [5.41, 5.74) is 4.65. The van der Waals surface area contributed by atoms with E-state index < -0.39 is 0 Å². The molecule has 6 nitrogen and oxygen atoms in total. The fourth-order valence-electron chi connectivity index (χ4n) is 3.45. The number of fused-ring (bicyclic) bond motifs is 1. The number of nitrogens with zero attached hydrogens (tertiary/aromatic N) is 3. The van der Waals surface area contributed by atoms with Gasteiger partial charge in [-0.05, 0) is 74.9 Å². The van der Waals surface area contributed by atoms with E-state index in [0.29, 0.717) is 39.4 Å². The Kier molecular flexibility index (Phi) is 4.95. The molecule has 4 rings (SSSR count). The van der Waals surface area contributed by atoms with E-state index in [2.05, 4.69) is 15.4 Å². The first kappa shape index (κ1) is 19.6. The largest absolute Gasteiger partial charge is 0.497 e. The molecule has 0 aliphatic carbocycles.